The number of nitrogens with zero attached hydrogens (tertiary/aromatic N) is 1. The quantitative estimate of drug-likeness (QED) is 0.324. The van der Waals surface area contributed by atoms with Crippen molar-refractivity contribution in [1.82, 2.24) is 9.97 Å². The van der Waals surface area contributed by atoms with Crippen LogP contribution < -0.4 is 9.47 Å². The van der Waals surface area contributed by atoms with Crippen molar-refractivity contribution in [2.45, 2.75) is 0 Å². The van der Waals surface area contributed by atoms with E-state index in [9.17, 15) is 0 Å². The van der Waals surface area contributed by atoms with Crippen LogP contribution in [-0.2, 0) is 0 Å². The molecule has 0 saturated carbocycles. The van der Waals surface area contributed by atoms with Gasteiger partial charge in [0, 0.05) is 27.6 Å². The van der Waals surface area contributed by atoms with E-state index in [-0.39, 0.29) is 0 Å². The Morgan fingerprint density at radius 1 is 0.769 bits per heavy atom. The van der Waals surface area contributed by atoms with Gasteiger partial charge in [0.15, 0.2) is 11.5 Å². The number of para-hydroxylation sites is 1. The van der Waals surface area contributed by atoms with Crippen molar-refractivity contribution in [2.24, 2.45) is 0 Å². The van der Waals surface area contributed by atoms with Gasteiger partial charge in [-0.3, -0.25) is 0 Å². The first-order valence-electron chi connectivity index (χ1n) is 8.25. The maximum Gasteiger partial charge on any atom is 0.162 e. The lowest BCUT2D eigenvalue weighted by Gasteiger charge is -2.12. The number of H-pyrrole nitrogens is 1. The minimum Gasteiger partial charge on any atom is -0.493 e. The number of fused-ring (bicyclic) bond motifs is 6. The number of nitrogens with one attached hydrogen (secondary N) is 1. The van der Waals surface area contributed by atoms with E-state index >= 15 is 0 Å². The summed E-state index contributed by atoms with van der Waals surface area (Å²) in [5, 5.41) is 5.82. The van der Waals surface area contributed by atoms with Crippen LogP contribution in [-0.4, -0.2) is 24.2 Å². The number of pyridine rings is 1. The molecule has 0 aliphatic carbocycles. The summed E-state index contributed by atoms with van der Waals surface area (Å²) in [7, 11) is 3.25. The number of rotatable bonds is 2. The van der Waals surface area contributed by atoms with Gasteiger partial charge in [0.2, 0.25) is 0 Å². The number of ether oxygens (including phenoxy) is 2. The number of benzene rings is 3. The van der Waals surface area contributed by atoms with Gasteiger partial charge in [0.1, 0.15) is 5.15 Å². The zero-order valence-electron chi connectivity index (χ0n) is 14.3. The molecule has 2 aromatic heterocycles. The van der Waals surface area contributed by atoms with Crippen molar-refractivity contribution in [2.75, 3.05) is 14.2 Å². The fourth-order valence-electron chi connectivity index (χ4n) is 3.62. The molecule has 0 saturated heterocycles. The normalized spacial score (nSPS) is 11.7. The van der Waals surface area contributed by atoms with Crippen LogP contribution in [0.4, 0.5) is 0 Å². The number of hydrogen-bond acceptors (Lipinski definition) is 3. The van der Waals surface area contributed by atoms with E-state index < -0.39 is 0 Å². The molecule has 2 heterocycles. The van der Waals surface area contributed by atoms with Crippen LogP contribution in [0.15, 0.2) is 48.5 Å². The lowest BCUT2D eigenvalue weighted by molar-refractivity contribution is 0.356. The zero-order valence-corrected chi connectivity index (χ0v) is 15.0. The minimum absolute atomic E-state index is 0.590. The van der Waals surface area contributed by atoms with E-state index in [1.54, 1.807) is 14.2 Å². The van der Waals surface area contributed by atoms with Gasteiger partial charge in [-0.1, -0.05) is 29.8 Å². The van der Waals surface area contributed by atoms with Gasteiger partial charge in [-0.2, -0.15) is 0 Å². The third-order valence-corrected chi connectivity index (χ3v) is 5.16. The highest BCUT2D eigenvalue weighted by molar-refractivity contribution is 6.36. The third-order valence-electron chi connectivity index (χ3n) is 4.87. The third kappa shape index (κ3) is 2.06. The average Bonchev–Trinajstić information content (AvgIpc) is 3.03. The van der Waals surface area contributed by atoms with Crippen molar-refractivity contribution >= 4 is 55.1 Å². The highest BCUT2D eigenvalue weighted by Crippen LogP contribution is 2.39. The SMILES string of the molecule is COc1cc2[nH]c(Cl)c3cc4c(cc3c2cc1OC)nc1ccccc14. The number of aromatic amines is 1. The summed E-state index contributed by atoms with van der Waals surface area (Å²) >= 11 is 6.58. The molecule has 0 aliphatic rings. The smallest absolute Gasteiger partial charge is 0.162 e. The largest absolute Gasteiger partial charge is 0.493 e. The Labute approximate surface area is 154 Å². The molecular formula is C21H15ClN2O2. The first-order chi connectivity index (χ1) is 12.7. The molecule has 0 radical (unpaired) electrons. The summed E-state index contributed by atoms with van der Waals surface area (Å²) in [4.78, 5) is 8.04. The second-order valence-corrected chi connectivity index (χ2v) is 6.61. The Bertz CT molecular complexity index is 1320. The van der Waals surface area contributed by atoms with E-state index in [1.165, 1.54) is 0 Å². The van der Waals surface area contributed by atoms with Crippen LogP contribution in [0.25, 0.3) is 43.5 Å². The van der Waals surface area contributed by atoms with E-state index in [0.717, 1.165) is 43.5 Å². The van der Waals surface area contributed by atoms with Crippen molar-refractivity contribution in [3.05, 3.63) is 53.7 Å². The molecule has 0 aliphatic heterocycles. The molecule has 3 aromatic carbocycles. The topological polar surface area (TPSA) is 47.1 Å². The van der Waals surface area contributed by atoms with E-state index in [0.29, 0.717) is 16.7 Å². The highest BCUT2D eigenvalue weighted by Gasteiger charge is 2.14. The highest BCUT2D eigenvalue weighted by atomic mass is 35.5. The number of halogens is 1. The van der Waals surface area contributed by atoms with Crippen LogP contribution in [0, 0.1) is 0 Å². The molecule has 128 valence electrons. The van der Waals surface area contributed by atoms with Crippen LogP contribution in [0.3, 0.4) is 0 Å². The minimum atomic E-state index is 0.590. The molecule has 5 heteroatoms. The van der Waals surface area contributed by atoms with Crippen molar-refractivity contribution in [3.8, 4) is 11.5 Å². The first-order valence-corrected chi connectivity index (χ1v) is 8.63. The fraction of sp³-hybridized carbons (Fsp3) is 0.0952. The summed E-state index contributed by atoms with van der Waals surface area (Å²) in [6, 6.07) is 16.2. The number of methoxy groups -OCH3 is 2. The molecule has 1 N–H and O–H groups in total. The first kappa shape index (κ1) is 15.3. The average molecular weight is 363 g/mol. The summed E-state index contributed by atoms with van der Waals surface area (Å²) in [5.41, 5.74) is 2.83. The van der Waals surface area contributed by atoms with Gasteiger partial charge in [-0.05, 0) is 29.7 Å². The molecule has 5 aromatic rings. The predicted molar refractivity (Wildman–Crippen MR) is 107 cm³/mol. The zero-order chi connectivity index (χ0) is 17.8. The summed E-state index contributed by atoms with van der Waals surface area (Å²) in [6.07, 6.45) is 0. The molecular weight excluding hydrogens is 348 g/mol. The molecule has 0 fully saturated rings. The molecule has 0 amide bonds. The van der Waals surface area contributed by atoms with Crippen LogP contribution in [0.2, 0.25) is 5.15 Å². The van der Waals surface area contributed by atoms with Gasteiger partial charge >= 0.3 is 0 Å². The van der Waals surface area contributed by atoms with Crippen molar-refractivity contribution in [1.29, 1.82) is 0 Å². The maximum absolute atomic E-state index is 6.58. The Morgan fingerprint density at radius 2 is 1.54 bits per heavy atom. The lowest BCUT2D eigenvalue weighted by atomic mass is 10.0. The Hall–Kier alpha value is -2.98. The standard InChI is InChI=1S/C21H15ClN2O2/c1-25-19-9-14-12-8-17-13(11-5-3-4-6-16(11)23-17)7-15(12)21(22)24-18(14)10-20(19)26-2/h3-10,24H,1-2H3. The summed E-state index contributed by atoms with van der Waals surface area (Å²) in [5.74, 6) is 1.34. The van der Waals surface area contributed by atoms with Gasteiger partial charge < -0.3 is 14.5 Å². The molecule has 0 atom stereocenters. The molecule has 4 nitrogen and oxygen atoms in total. The second-order valence-electron chi connectivity index (χ2n) is 6.24. The van der Waals surface area contributed by atoms with Gasteiger partial charge in [0.05, 0.1) is 30.8 Å². The fourth-order valence-corrected chi connectivity index (χ4v) is 3.88. The summed E-state index contributed by atoms with van der Waals surface area (Å²) < 4.78 is 10.9. The van der Waals surface area contributed by atoms with E-state index in [4.69, 9.17) is 26.1 Å². The molecule has 0 spiro atoms. The Morgan fingerprint density at radius 3 is 2.35 bits per heavy atom. The second kappa shape index (κ2) is 5.51. The van der Waals surface area contributed by atoms with Crippen molar-refractivity contribution in [3.63, 3.8) is 0 Å². The monoisotopic (exact) mass is 362 g/mol. The van der Waals surface area contributed by atoms with Crippen LogP contribution in [0.1, 0.15) is 0 Å². The molecule has 0 bridgehead atoms. The Kier molecular flexibility index (Phi) is 3.24. The van der Waals surface area contributed by atoms with E-state index in [1.807, 2.05) is 30.3 Å². The molecule has 5 rings (SSSR count). The van der Waals surface area contributed by atoms with Gasteiger partial charge in [-0.15, -0.1) is 0 Å². The predicted octanol–water partition coefficient (Wildman–Crippen LogP) is 5.69. The van der Waals surface area contributed by atoms with Gasteiger partial charge in [-0.25, -0.2) is 4.98 Å². The summed E-state index contributed by atoms with van der Waals surface area (Å²) in [6.45, 7) is 0. The number of hydrogen-bond donors (Lipinski definition) is 1. The molecule has 26 heavy (non-hydrogen) atoms. The van der Waals surface area contributed by atoms with Gasteiger partial charge in [0.25, 0.3) is 0 Å². The van der Waals surface area contributed by atoms with Crippen molar-refractivity contribution < 1.29 is 9.47 Å². The maximum atomic E-state index is 6.58. The molecule has 0 unspecified atom stereocenters. The lowest BCUT2D eigenvalue weighted by Crippen LogP contribution is -1.93. The Balaban J connectivity index is 1.96. The van der Waals surface area contributed by atoms with E-state index in [2.05, 4.69) is 23.2 Å². The number of aromatic nitrogens is 2. The van der Waals surface area contributed by atoms with Crippen LogP contribution in [0.5, 0.6) is 11.5 Å². The van der Waals surface area contributed by atoms with Crippen LogP contribution >= 0.6 is 11.6 Å².